The second-order valence-corrected chi connectivity index (χ2v) is 5.01. The molecule has 1 aliphatic rings. The Morgan fingerprint density at radius 1 is 1.53 bits per heavy atom. The zero-order chi connectivity index (χ0) is 11.2. The number of nitrogens with zero attached hydrogens (tertiary/aromatic N) is 1. The summed E-state index contributed by atoms with van der Waals surface area (Å²) in [5.41, 5.74) is 0.854. The molecular weight excluding hydrogens is 214 g/mol. The third-order valence-corrected chi connectivity index (χ3v) is 3.83. The minimum Gasteiger partial charge on any atom is -0.502 e. The molecule has 2 atom stereocenters. The lowest BCUT2D eigenvalue weighted by Gasteiger charge is -2.05. The van der Waals surface area contributed by atoms with E-state index < -0.39 is 12.0 Å². The number of carbonyl (C=O) groups is 1. The molecule has 0 bridgehead atoms. The topological polar surface area (TPSA) is 61.4 Å². The highest BCUT2D eigenvalue weighted by Gasteiger charge is 2.46. The molecule has 2 N–H and O–H groups in total. The van der Waals surface area contributed by atoms with Gasteiger partial charge in [-0.25, -0.2) is 4.79 Å². The Bertz CT molecular complexity index is 433. The molecule has 0 spiro atoms. The molecule has 1 aliphatic heterocycles. The van der Waals surface area contributed by atoms with Crippen LogP contribution in [-0.2, 0) is 4.79 Å². The van der Waals surface area contributed by atoms with E-state index in [2.05, 4.69) is 0 Å². The van der Waals surface area contributed by atoms with E-state index in [9.17, 15) is 9.90 Å². The van der Waals surface area contributed by atoms with E-state index in [4.69, 9.17) is 5.11 Å². The van der Waals surface area contributed by atoms with Gasteiger partial charge in [-0.1, -0.05) is 0 Å². The highest BCUT2D eigenvalue weighted by molar-refractivity contribution is 8.00. The maximum absolute atomic E-state index is 11.1. The maximum Gasteiger partial charge on any atom is 0.374 e. The van der Waals surface area contributed by atoms with Gasteiger partial charge in [0.05, 0.1) is 5.25 Å². The molecule has 0 saturated heterocycles. The van der Waals surface area contributed by atoms with Gasteiger partial charge in [-0.2, -0.15) is 4.57 Å². The Morgan fingerprint density at radius 2 is 2.20 bits per heavy atom. The maximum atomic E-state index is 11.1. The molecule has 0 amide bonds. The number of carboxylic acid groups (broad SMARTS) is 1. The van der Waals surface area contributed by atoms with E-state index in [-0.39, 0.29) is 11.0 Å². The zero-order valence-corrected chi connectivity index (χ0v) is 9.28. The Labute approximate surface area is 91.6 Å². The van der Waals surface area contributed by atoms with Crippen LogP contribution in [0.3, 0.4) is 0 Å². The number of carboxylic acids is 1. The average molecular weight is 226 g/mol. The van der Waals surface area contributed by atoms with Gasteiger partial charge in [0.2, 0.25) is 0 Å². The summed E-state index contributed by atoms with van der Waals surface area (Å²) in [6.07, 6.45) is 0. The summed E-state index contributed by atoms with van der Waals surface area (Å²) in [5, 5.41) is 19.4. The normalized spacial score (nSPS) is 23.9. The molecule has 2 unspecified atom stereocenters. The number of hydrogen-bond donors (Lipinski definition) is 2. The average Bonchev–Trinajstić information content (AvgIpc) is 2.50. The molecule has 0 fully saturated rings. The smallest absolute Gasteiger partial charge is 0.374 e. The number of pyridine rings is 1. The van der Waals surface area contributed by atoms with Crippen LogP contribution in [0.1, 0.15) is 18.7 Å². The molecule has 2 rings (SSSR count). The van der Waals surface area contributed by atoms with E-state index in [0.717, 1.165) is 5.69 Å². The standard InChI is InChI=1S/C10H11NO3S/c1-5-3-4-7(12)9-11(5)8(10(13)14)6(2)15-9/h3-4,6,8H,1-2H3,(H-,12,13,14)/p+1. The van der Waals surface area contributed by atoms with Gasteiger partial charge in [0.25, 0.3) is 11.1 Å². The fourth-order valence-corrected chi connectivity index (χ4v) is 3.14. The Kier molecular flexibility index (Phi) is 2.34. The zero-order valence-electron chi connectivity index (χ0n) is 8.47. The second-order valence-electron chi connectivity index (χ2n) is 3.64. The highest BCUT2D eigenvalue weighted by atomic mass is 32.2. The number of aliphatic carboxylic acids is 1. The van der Waals surface area contributed by atoms with Crippen molar-refractivity contribution in [3.05, 3.63) is 17.8 Å². The first kappa shape index (κ1) is 10.3. The fraction of sp³-hybridized carbons (Fsp3) is 0.400. The molecule has 0 saturated carbocycles. The Morgan fingerprint density at radius 3 is 2.80 bits per heavy atom. The molecular formula is C10H12NO3S+. The summed E-state index contributed by atoms with van der Waals surface area (Å²) in [6.45, 7) is 3.70. The highest BCUT2D eigenvalue weighted by Crippen LogP contribution is 2.38. The summed E-state index contributed by atoms with van der Waals surface area (Å²) in [4.78, 5) is 11.1. The quantitative estimate of drug-likeness (QED) is 0.704. The molecule has 1 aromatic rings. The lowest BCUT2D eigenvalue weighted by Crippen LogP contribution is -2.47. The molecule has 15 heavy (non-hydrogen) atoms. The van der Waals surface area contributed by atoms with Crippen molar-refractivity contribution >= 4 is 17.7 Å². The van der Waals surface area contributed by atoms with Crippen LogP contribution in [0.15, 0.2) is 17.2 Å². The predicted octanol–water partition coefficient (Wildman–Crippen LogP) is 1.11. The number of aryl methyl sites for hydroxylation is 1. The first-order valence-electron chi connectivity index (χ1n) is 4.66. The predicted molar refractivity (Wildman–Crippen MR) is 55.0 cm³/mol. The van der Waals surface area contributed by atoms with Gasteiger partial charge < -0.3 is 10.2 Å². The number of fused-ring (bicyclic) bond motifs is 1. The van der Waals surface area contributed by atoms with Crippen LogP contribution in [0.4, 0.5) is 0 Å². The third-order valence-electron chi connectivity index (χ3n) is 2.57. The molecule has 0 aromatic carbocycles. The van der Waals surface area contributed by atoms with Crippen LogP contribution in [0.2, 0.25) is 0 Å². The lowest BCUT2D eigenvalue weighted by atomic mass is 10.2. The number of rotatable bonds is 1. The van der Waals surface area contributed by atoms with Gasteiger partial charge in [0, 0.05) is 13.0 Å². The summed E-state index contributed by atoms with van der Waals surface area (Å²) in [5.74, 6) is -0.700. The van der Waals surface area contributed by atoms with E-state index in [0.29, 0.717) is 5.03 Å². The SMILES string of the molecule is Cc1ccc(O)c2[n+]1C(C(=O)O)C(C)S2. The van der Waals surface area contributed by atoms with Gasteiger partial charge >= 0.3 is 5.97 Å². The number of hydrogen-bond acceptors (Lipinski definition) is 3. The first-order valence-corrected chi connectivity index (χ1v) is 5.54. The van der Waals surface area contributed by atoms with Gasteiger partial charge in [-0.3, -0.25) is 0 Å². The van der Waals surface area contributed by atoms with Crippen molar-refractivity contribution in [3.63, 3.8) is 0 Å². The van der Waals surface area contributed by atoms with Crippen LogP contribution in [-0.4, -0.2) is 21.4 Å². The van der Waals surface area contributed by atoms with Gasteiger partial charge in [0.15, 0.2) is 11.4 Å². The van der Waals surface area contributed by atoms with E-state index >= 15 is 0 Å². The van der Waals surface area contributed by atoms with Crippen LogP contribution < -0.4 is 4.57 Å². The third kappa shape index (κ3) is 1.47. The molecule has 80 valence electrons. The van der Waals surface area contributed by atoms with E-state index in [1.165, 1.54) is 11.8 Å². The van der Waals surface area contributed by atoms with Crippen molar-refractivity contribution in [2.45, 2.75) is 30.2 Å². The Hall–Kier alpha value is -1.23. The minimum atomic E-state index is -0.854. The van der Waals surface area contributed by atoms with Gasteiger partial charge in [-0.05, 0) is 24.8 Å². The van der Waals surface area contributed by atoms with Crippen molar-refractivity contribution in [2.75, 3.05) is 0 Å². The number of aromatic nitrogens is 1. The number of thioether (sulfide) groups is 1. The van der Waals surface area contributed by atoms with Gasteiger partial charge in [0.1, 0.15) is 0 Å². The second kappa shape index (κ2) is 3.41. The minimum absolute atomic E-state index is 0.0606. The summed E-state index contributed by atoms with van der Waals surface area (Å²) < 4.78 is 1.69. The Balaban J connectivity index is 2.62. The lowest BCUT2D eigenvalue weighted by molar-refractivity contribution is -0.744. The van der Waals surface area contributed by atoms with Crippen molar-refractivity contribution < 1.29 is 19.6 Å². The summed E-state index contributed by atoms with van der Waals surface area (Å²) >= 11 is 1.40. The van der Waals surface area contributed by atoms with Crippen molar-refractivity contribution in [1.29, 1.82) is 0 Å². The summed E-state index contributed by atoms with van der Waals surface area (Å²) in [6, 6.07) is 2.75. The molecule has 0 aliphatic carbocycles. The van der Waals surface area contributed by atoms with Crippen LogP contribution in [0.5, 0.6) is 5.75 Å². The van der Waals surface area contributed by atoms with Crippen LogP contribution in [0, 0.1) is 6.92 Å². The van der Waals surface area contributed by atoms with Crippen molar-refractivity contribution in [2.24, 2.45) is 0 Å². The van der Waals surface area contributed by atoms with Crippen LogP contribution >= 0.6 is 11.8 Å². The van der Waals surface area contributed by atoms with E-state index in [1.54, 1.807) is 16.7 Å². The number of aromatic hydroxyl groups is 1. The molecule has 4 nitrogen and oxygen atoms in total. The molecule has 2 heterocycles. The van der Waals surface area contributed by atoms with Crippen LogP contribution in [0.25, 0.3) is 0 Å². The monoisotopic (exact) mass is 226 g/mol. The van der Waals surface area contributed by atoms with Crippen molar-refractivity contribution in [1.82, 2.24) is 0 Å². The first-order chi connectivity index (χ1) is 7.02. The van der Waals surface area contributed by atoms with E-state index in [1.807, 2.05) is 13.8 Å². The molecule has 1 aromatic heterocycles. The van der Waals surface area contributed by atoms with Crippen molar-refractivity contribution in [3.8, 4) is 5.75 Å². The fourth-order valence-electron chi connectivity index (χ4n) is 1.86. The largest absolute Gasteiger partial charge is 0.502 e. The molecule has 0 radical (unpaired) electrons. The van der Waals surface area contributed by atoms with Gasteiger partial charge in [-0.15, -0.1) is 0 Å². The summed E-state index contributed by atoms with van der Waals surface area (Å²) in [7, 11) is 0. The molecule has 5 heteroatoms.